The van der Waals surface area contributed by atoms with Gasteiger partial charge in [0.2, 0.25) is 0 Å². The van der Waals surface area contributed by atoms with E-state index in [1.807, 2.05) is 17.5 Å². The van der Waals surface area contributed by atoms with Gasteiger partial charge in [-0.25, -0.2) is 0 Å². The van der Waals surface area contributed by atoms with Crippen LogP contribution in [0.1, 0.15) is 48.2 Å². The molecule has 0 saturated heterocycles. The van der Waals surface area contributed by atoms with E-state index >= 15 is 0 Å². The van der Waals surface area contributed by atoms with Crippen molar-refractivity contribution in [1.29, 1.82) is 0 Å². The summed E-state index contributed by atoms with van der Waals surface area (Å²) in [5.41, 5.74) is 5.88. The average molecular weight is 308 g/mol. The molecule has 1 fully saturated rings. The molecule has 0 radical (unpaired) electrons. The largest absolute Gasteiger partial charge is 0.370 e. The lowest BCUT2D eigenvalue weighted by atomic mass is 9.96. The van der Waals surface area contributed by atoms with Crippen molar-refractivity contribution in [1.82, 2.24) is 10.6 Å². The van der Waals surface area contributed by atoms with E-state index < -0.39 is 0 Å². The van der Waals surface area contributed by atoms with Gasteiger partial charge < -0.3 is 16.4 Å². The summed E-state index contributed by atoms with van der Waals surface area (Å²) in [6.07, 6.45) is 7.06. The van der Waals surface area contributed by atoms with Gasteiger partial charge in [-0.2, -0.15) is 0 Å². The van der Waals surface area contributed by atoms with Crippen LogP contribution in [-0.2, 0) is 0 Å². The van der Waals surface area contributed by atoms with Crippen LogP contribution in [0, 0.1) is 0 Å². The number of nitrogens with zero attached hydrogens (tertiary/aromatic N) is 1. The van der Waals surface area contributed by atoms with Crippen molar-refractivity contribution < 1.29 is 4.79 Å². The van der Waals surface area contributed by atoms with Gasteiger partial charge >= 0.3 is 0 Å². The molecule has 4 N–H and O–H groups in total. The van der Waals surface area contributed by atoms with E-state index in [9.17, 15) is 4.79 Å². The molecule has 0 spiro atoms. The van der Waals surface area contributed by atoms with Crippen molar-refractivity contribution in [2.45, 2.75) is 44.6 Å². The third kappa shape index (κ3) is 5.75. The third-order valence-electron chi connectivity index (χ3n) is 3.60. The maximum Gasteiger partial charge on any atom is 0.261 e. The van der Waals surface area contributed by atoms with Gasteiger partial charge in [0, 0.05) is 19.1 Å². The number of guanidine groups is 1. The molecule has 0 unspecified atom stereocenters. The van der Waals surface area contributed by atoms with E-state index in [2.05, 4.69) is 15.6 Å². The first-order valence-corrected chi connectivity index (χ1v) is 8.52. The fourth-order valence-corrected chi connectivity index (χ4v) is 3.12. The average Bonchev–Trinajstić information content (AvgIpc) is 3.02. The molecule has 2 rings (SSSR count). The van der Waals surface area contributed by atoms with Gasteiger partial charge in [0.1, 0.15) is 0 Å². The Labute approximate surface area is 130 Å². The first-order valence-electron chi connectivity index (χ1n) is 7.64. The lowest BCUT2D eigenvalue weighted by Gasteiger charge is -2.23. The van der Waals surface area contributed by atoms with E-state index in [1.54, 1.807) is 0 Å². The zero-order valence-electron chi connectivity index (χ0n) is 12.3. The van der Waals surface area contributed by atoms with Crippen LogP contribution in [0.3, 0.4) is 0 Å². The number of amides is 1. The van der Waals surface area contributed by atoms with Gasteiger partial charge in [-0.3, -0.25) is 9.79 Å². The van der Waals surface area contributed by atoms with E-state index in [0.29, 0.717) is 25.1 Å². The number of thiophene rings is 1. The summed E-state index contributed by atoms with van der Waals surface area (Å²) in [6.45, 7) is 1.26. The monoisotopic (exact) mass is 308 g/mol. The second kappa shape index (κ2) is 8.67. The molecule has 6 heteroatoms. The van der Waals surface area contributed by atoms with Crippen molar-refractivity contribution in [3.63, 3.8) is 0 Å². The molecule has 116 valence electrons. The molecule has 1 saturated carbocycles. The number of carbonyl (C=O) groups is 1. The Morgan fingerprint density at radius 1 is 1.38 bits per heavy atom. The summed E-state index contributed by atoms with van der Waals surface area (Å²) in [5, 5.41) is 8.06. The van der Waals surface area contributed by atoms with Crippen LogP contribution >= 0.6 is 11.3 Å². The van der Waals surface area contributed by atoms with Gasteiger partial charge in [-0.15, -0.1) is 11.3 Å². The Morgan fingerprint density at radius 3 is 2.90 bits per heavy atom. The van der Waals surface area contributed by atoms with Gasteiger partial charge in [0.15, 0.2) is 5.96 Å². The minimum Gasteiger partial charge on any atom is -0.370 e. The Hall–Kier alpha value is -1.56. The van der Waals surface area contributed by atoms with E-state index in [0.717, 1.165) is 11.3 Å². The van der Waals surface area contributed by atoms with Gasteiger partial charge in [0.05, 0.1) is 4.88 Å². The molecule has 5 nitrogen and oxygen atoms in total. The second-order valence-electron chi connectivity index (χ2n) is 5.33. The minimum absolute atomic E-state index is 0.0118. The molecule has 1 heterocycles. The SMILES string of the molecule is NC(=NCCCNC(=O)c1cccs1)NC1CCCCC1. The van der Waals surface area contributed by atoms with Crippen molar-refractivity contribution in [3.05, 3.63) is 22.4 Å². The standard InChI is InChI=1S/C15H24N4OS/c16-15(19-12-6-2-1-3-7-12)18-10-5-9-17-14(20)13-8-4-11-21-13/h4,8,11-12H,1-3,5-7,9-10H2,(H,17,20)(H3,16,18,19). The summed E-state index contributed by atoms with van der Waals surface area (Å²) >= 11 is 1.45. The van der Waals surface area contributed by atoms with Crippen LogP contribution in [0.4, 0.5) is 0 Å². The van der Waals surface area contributed by atoms with E-state index in [-0.39, 0.29) is 5.91 Å². The molecular weight excluding hydrogens is 284 g/mol. The highest BCUT2D eigenvalue weighted by Crippen LogP contribution is 2.16. The Balaban J connectivity index is 1.57. The summed E-state index contributed by atoms with van der Waals surface area (Å²) in [6, 6.07) is 4.19. The summed E-state index contributed by atoms with van der Waals surface area (Å²) in [5.74, 6) is 0.522. The number of hydrogen-bond donors (Lipinski definition) is 3. The van der Waals surface area contributed by atoms with E-state index in [1.165, 1.54) is 43.4 Å². The molecule has 1 aromatic heterocycles. The van der Waals surface area contributed by atoms with Crippen LogP contribution in [0.5, 0.6) is 0 Å². The van der Waals surface area contributed by atoms with Crippen molar-refractivity contribution in [3.8, 4) is 0 Å². The van der Waals surface area contributed by atoms with Crippen molar-refractivity contribution in [2.24, 2.45) is 10.7 Å². The predicted molar refractivity (Wildman–Crippen MR) is 87.8 cm³/mol. The fourth-order valence-electron chi connectivity index (χ4n) is 2.48. The lowest BCUT2D eigenvalue weighted by Crippen LogP contribution is -2.41. The zero-order valence-corrected chi connectivity index (χ0v) is 13.1. The lowest BCUT2D eigenvalue weighted by molar-refractivity contribution is 0.0957. The number of rotatable bonds is 6. The van der Waals surface area contributed by atoms with Crippen molar-refractivity contribution >= 4 is 23.2 Å². The second-order valence-corrected chi connectivity index (χ2v) is 6.28. The minimum atomic E-state index is -0.0118. The predicted octanol–water partition coefficient (Wildman–Crippen LogP) is 2.10. The van der Waals surface area contributed by atoms with Crippen LogP contribution in [-0.4, -0.2) is 31.0 Å². The smallest absolute Gasteiger partial charge is 0.261 e. The zero-order chi connectivity index (χ0) is 14.9. The topological polar surface area (TPSA) is 79.5 Å². The maximum absolute atomic E-state index is 11.7. The number of hydrogen-bond acceptors (Lipinski definition) is 3. The molecule has 0 atom stereocenters. The molecule has 21 heavy (non-hydrogen) atoms. The van der Waals surface area contributed by atoms with Crippen molar-refractivity contribution in [2.75, 3.05) is 13.1 Å². The van der Waals surface area contributed by atoms with E-state index in [4.69, 9.17) is 5.73 Å². The normalized spacial score (nSPS) is 16.7. The highest BCUT2D eigenvalue weighted by atomic mass is 32.1. The molecule has 0 aliphatic heterocycles. The number of nitrogens with two attached hydrogens (primary N) is 1. The van der Waals surface area contributed by atoms with Gasteiger partial charge in [0.25, 0.3) is 5.91 Å². The van der Waals surface area contributed by atoms with Crippen LogP contribution in [0.2, 0.25) is 0 Å². The molecule has 1 aliphatic carbocycles. The Morgan fingerprint density at radius 2 is 2.19 bits per heavy atom. The number of carbonyl (C=O) groups excluding carboxylic acids is 1. The van der Waals surface area contributed by atoms with Crippen LogP contribution in [0.15, 0.2) is 22.5 Å². The fraction of sp³-hybridized carbons (Fsp3) is 0.600. The first kappa shape index (κ1) is 15.8. The third-order valence-corrected chi connectivity index (χ3v) is 4.47. The summed E-state index contributed by atoms with van der Waals surface area (Å²) in [7, 11) is 0. The highest BCUT2D eigenvalue weighted by Gasteiger charge is 2.13. The van der Waals surface area contributed by atoms with Gasteiger partial charge in [-0.1, -0.05) is 25.3 Å². The molecule has 0 bridgehead atoms. The van der Waals surface area contributed by atoms with Crippen LogP contribution < -0.4 is 16.4 Å². The molecule has 1 aromatic rings. The quantitative estimate of drug-likeness (QED) is 0.428. The maximum atomic E-state index is 11.7. The molecular formula is C15H24N4OS. The summed E-state index contributed by atoms with van der Waals surface area (Å²) < 4.78 is 0. The Bertz CT molecular complexity index is 452. The molecule has 0 aromatic carbocycles. The number of nitrogens with one attached hydrogen (secondary N) is 2. The molecule has 1 amide bonds. The highest BCUT2D eigenvalue weighted by molar-refractivity contribution is 7.12. The first-order chi connectivity index (χ1) is 10.3. The van der Waals surface area contributed by atoms with Gasteiger partial charge in [-0.05, 0) is 30.7 Å². The number of aliphatic imine (C=N–C) groups is 1. The molecule has 1 aliphatic rings. The van der Waals surface area contributed by atoms with Crippen LogP contribution in [0.25, 0.3) is 0 Å². The summed E-state index contributed by atoms with van der Waals surface area (Å²) in [4.78, 5) is 16.8. The Kier molecular flexibility index (Phi) is 6.53.